The van der Waals surface area contributed by atoms with E-state index in [0.717, 1.165) is 44.3 Å². The molecule has 0 unspecified atom stereocenters. The van der Waals surface area contributed by atoms with Crippen molar-refractivity contribution in [3.63, 3.8) is 0 Å². The van der Waals surface area contributed by atoms with Crippen LogP contribution in [0.4, 0.5) is 0 Å². The van der Waals surface area contributed by atoms with Crippen molar-refractivity contribution in [3.8, 4) is 0 Å². The average Bonchev–Trinajstić information content (AvgIpc) is 3.61. The number of fused-ring (bicyclic) bond motifs is 5. The Morgan fingerprint density at radius 1 is 1.24 bits per heavy atom. The summed E-state index contributed by atoms with van der Waals surface area (Å²) in [5, 5.41) is 16.6. The van der Waals surface area contributed by atoms with Gasteiger partial charge in [-0.2, -0.15) is 0 Å². The Bertz CT molecular complexity index is 1370. The number of piperazine rings is 1. The minimum absolute atomic E-state index is 0.167. The first-order valence-corrected chi connectivity index (χ1v) is 15.6. The molecule has 4 saturated heterocycles. The van der Waals surface area contributed by atoms with Crippen LogP contribution in [0.25, 0.3) is 10.9 Å². The zero-order valence-corrected chi connectivity index (χ0v) is 25.0. The van der Waals surface area contributed by atoms with Crippen LogP contribution in [-0.4, -0.2) is 93.0 Å². The summed E-state index contributed by atoms with van der Waals surface area (Å²) in [5.74, 6) is -2.30. The van der Waals surface area contributed by atoms with Crippen LogP contribution in [0.2, 0.25) is 0 Å². The third kappa shape index (κ3) is 3.95. The molecule has 2 aromatic rings. The van der Waals surface area contributed by atoms with Crippen LogP contribution < -0.4 is 5.32 Å². The smallest absolute Gasteiger partial charge is 0.280 e. The molecule has 4 fully saturated rings. The van der Waals surface area contributed by atoms with E-state index >= 15 is 0 Å². The zero-order valence-electron chi connectivity index (χ0n) is 25.0. The SMILES string of the molecule is CC(C)C[C@H]1CN2CCC[C@H]2[C@]2(O)O[C@](NC(=O)[C@@H]3C[C@@H]4c5cccc6[nH]cc(c56)C[C@H]4N(C)C3)(C(C)C)C(=O)N12. The monoisotopic (exact) mass is 563 g/mol. The number of H-pyrrole nitrogens is 1. The van der Waals surface area contributed by atoms with Gasteiger partial charge in [-0.25, -0.2) is 0 Å². The number of amides is 2. The Morgan fingerprint density at radius 3 is 2.80 bits per heavy atom. The number of aromatic amines is 1. The maximum atomic E-state index is 14.4. The number of aliphatic hydroxyl groups is 1. The third-order valence-corrected chi connectivity index (χ3v) is 10.8. The fourth-order valence-corrected chi connectivity index (χ4v) is 8.86. The molecule has 9 nitrogen and oxygen atoms in total. The van der Waals surface area contributed by atoms with Crippen LogP contribution in [0.5, 0.6) is 0 Å². The highest BCUT2D eigenvalue weighted by molar-refractivity contribution is 5.93. The standard InChI is InChI=1S/C32H45N5O4/c1-18(2)12-22-17-36-11-7-10-27(36)32(40)37(22)30(39)31(41-32,19(3)4)34-29(38)21-13-24-23-8-6-9-25-28(23)20(15-33-25)14-26(24)35(5)16-21/h6,8-9,15,18-19,21-22,24,26-27,33,40H,7,10-14,16-17H2,1-5H3,(H,34,38)/t21-,22+,24-,26-,27+,31-,32+/m1/s1. The fourth-order valence-electron chi connectivity index (χ4n) is 8.86. The lowest BCUT2D eigenvalue weighted by atomic mass is 9.72. The van der Waals surface area contributed by atoms with Gasteiger partial charge >= 0.3 is 0 Å². The topological polar surface area (TPSA) is 101 Å². The molecule has 1 aromatic carbocycles. The van der Waals surface area contributed by atoms with Gasteiger partial charge in [0.25, 0.3) is 11.8 Å². The Hall–Kier alpha value is -2.46. The predicted molar refractivity (Wildman–Crippen MR) is 156 cm³/mol. The Labute approximate surface area is 242 Å². The second-order valence-electron chi connectivity index (χ2n) is 14.1. The maximum Gasteiger partial charge on any atom is 0.280 e. The minimum atomic E-state index is -1.75. The molecule has 5 heterocycles. The molecule has 0 saturated carbocycles. The summed E-state index contributed by atoms with van der Waals surface area (Å²) in [7, 11) is 2.11. The average molecular weight is 564 g/mol. The van der Waals surface area contributed by atoms with Gasteiger partial charge in [-0.3, -0.25) is 24.1 Å². The van der Waals surface area contributed by atoms with Gasteiger partial charge in [-0.05, 0) is 68.8 Å². The summed E-state index contributed by atoms with van der Waals surface area (Å²) in [6, 6.07) is 6.30. The summed E-state index contributed by atoms with van der Waals surface area (Å²) in [5.41, 5.74) is 2.19. The van der Waals surface area contributed by atoms with Crippen molar-refractivity contribution in [3.05, 3.63) is 35.5 Å². The number of aromatic nitrogens is 1. The van der Waals surface area contributed by atoms with E-state index in [1.165, 1.54) is 16.5 Å². The molecule has 7 rings (SSSR count). The lowest BCUT2D eigenvalue weighted by Crippen LogP contribution is -2.69. The molecule has 1 aliphatic carbocycles. The molecule has 9 heteroatoms. The van der Waals surface area contributed by atoms with Crippen LogP contribution in [0, 0.1) is 17.8 Å². The van der Waals surface area contributed by atoms with E-state index in [4.69, 9.17) is 4.74 Å². The number of hydrogen-bond acceptors (Lipinski definition) is 6. The number of nitrogens with one attached hydrogen (secondary N) is 2. The van der Waals surface area contributed by atoms with Crippen LogP contribution in [0.15, 0.2) is 24.4 Å². The second kappa shape index (κ2) is 9.53. The molecule has 2 amide bonds. The number of rotatable bonds is 5. The molecular weight excluding hydrogens is 518 g/mol. The fraction of sp³-hybridized carbons (Fsp3) is 0.688. The van der Waals surface area contributed by atoms with Crippen molar-refractivity contribution in [2.45, 2.75) is 95.5 Å². The highest BCUT2D eigenvalue weighted by Crippen LogP contribution is 2.49. The van der Waals surface area contributed by atoms with Crippen molar-refractivity contribution in [1.82, 2.24) is 25.0 Å². The largest absolute Gasteiger partial charge is 0.361 e. The van der Waals surface area contributed by atoms with Gasteiger partial charge < -0.3 is 20.3 Å². The summed E-state index contributed by atoms with van der Waals surface area (Å²) >= 11 is 0. The first-order chi connectivity index (χ1) is 19.5. The van der Waals surface area contributed by atoms with E-state index in [2.05, 4.69) is 65.4 Å². The highest BCUT2D eigenvalue weighted by Gasteiger charge is 2.70. The molecule has 222 valence electrons. The van der Waals surface area contributed by atoms with Gasteiger partial charge in [-0.1, -0.05) is 39.8 Å². The van der Waals surface area contributed by atoms with Crippen LogP contribution in [0.3, 0.4) is 0 Å². The summed E-state index contributed by atoms with van der Waals surface area (Å²) in [6.07, 6.45) is 6.30. The second-order valence-corrected chi connectivity index (χ2v) is 14.1. The van der Waals surface area contributed by atoms with Crippen molar-refractivity contribution in [2.24, 2.45) is 17.8 Å². The molecule has 41 heavy (non-hydrogen) atoms. The third-order valence-electron chi connectivity index (χ3n) is 10.8. The Balaban J connectivity index is 1.19. The molecule has 0 bridgehead atoms. The molecular formula is C32H45N5O4. The number of likely N-dealkylation sites (tertiary alicyclic amines) is 1. The number of nitrogens with zero attached hydrogens (tertiary/aromatic N) is 3. The molecule has 4 aliphatic heterocycles. The van der Waals surface area contributed by atoms with E-state index < -0.39 is 11.6 Å². The Kier molecular flexibility index (Phi) is 6.36. The first-order valence-electron chi connectivity index (χ1n) is 15.6. The summed E-state index contributed by atoms with van der Waals surface area (Å²) in [6.45, 7) is 10.3. The van der Waals surface area contributed by atoms with Gasteiger partial charge in [-0.15, -0.1) is 0 Å². The van der Waals surface area contributed by atoms with E-state index in [9.17, 15) is 14.7 Å². The Morgan fingerprint density at radius 2 is 2.05 bits per heavy atom. The summed E-state index contributed by atoms with van der Waals surface area (Å²) < 4.78 is 6.56. The number of carbonyl (C=O) groups is 2. The van der Waals surface area contributed by atoms with Crippen LogP contribution >= 0.6 is 0 Å². The van der Waals surface area contributed by atoms with Crippen molar-refractivity contribution in [1.29, 1.82) is 0 Å². The highest BCUT2D eigenvalue weighted by atomic mass is 16.7. The number of hydrogen-bond donors (Lipinski definition) is 3. The zero-order chi connectivity index (χ0) is 28.8. The number of ether oxygens (including phenoxy) is 1. The predicted octanol–water partition coefficient (Wildman–Crippen LogP) is 2.99. The minimum Gasteiger partial charge on any atom is -0.361 e. The quantitative estimate of drug-likeness (QED) is 0.517. The first kappa shape index (κ1) is 27.4. The van der Waals surface area contributed by atoms with E-state index in [-0.39, 0.29) is 41.7 Å². The van der Waals surface area contributed by atoms with Crippen molar-refractivity contribution < 1.29 is 19.4 Å². The van der Waals surface area contributed by atoms with Gasteiger partial charge in [0.2, 0.25) is 11.6 Å². The molecule has 7 atom stereocenters. The lowest BCUT2D eigenvalue weighted by molar-refractivity contribution is -0.329. The van der Waals surface area contributed by atoms with Crippen LogP contribution in [0.1, 0.15) is 70.4 Å². The van der Waals surface area contributed by atoms with Gasteiger partial charge in [0.15, 0.2) is 0 Å². The number of likely N-dealkylation sites (N-methyl/N-ethyl adjacent to an activating group) is 1. The lowest BCUT2D eigenvalue weighted by Gasteiger charge is -2.50. The normalized spacial score (nSPS) is 37.1. The molecule has 0 radical (unpaired) electrons. The van der Waals surface area contributed by atoms with Gasteiger partial charge in [0.1, 0.15) is 0 Å². The van der Waals surface area contributed by atoms with Crippen molar-refractivity contribution >= 4 is 22.7 Å². The number of carbonyl (C=O) groups excluding carboxylic acids is 2. The molecule has 3 N–H and O–H groups in total. The molecule has 0 spiro atoms. The maximum absolute atomic E-state index is 14.4. The number of benzene rings is 1. The molecule has 5 aliphatic rings. The van der Waals surface area contributed by atoms with E-state index in [1.54, 1.807) is 4.90 Å². The van der Waals surface area contributed by atoms with Gasteiger partial charge in [0, 0.05) is 48.1 Å². The van der Waals surface area contributed by atoms with Crippen molar-refractivity contribution in [2.75, 3.05) is 26.7 Å². The number of piperidine rings is 1. The van der Waals surface area contributed by atoms with E-state index in [1.807, 2.05) is 13.8 Å². The summed E-state index contributed by atoms with van der Waals surface area (Å²) in [4.78, 5) is 38.2. The van der Waals surface area contributed by atoms with Gasteiger partial charge in [0.05, 0.1) is 18.0 Å². The van der Waals surface area contributed by atoms with E-state index in [0.29, 0.717) is 24.9 Å². The van der Waals surface area contributed by atoms with Crippen LogP contribution in [-0.2, 0) is 20.7 Å². The molecule has 1 aromatic heterocycles.